The van der Waals surface area contributed by atoms with E-state index in [1.807, 2.05) is 54.6 Å². The standard InChI is InChI=1S/C23H17F3N4O2/c24-23(25,26)19-10-5-11-20(13-19)27-22(31)28-21-15-30(29-32-21)14-16-6-4-9-18(12-16)17-7-2-1-3-8-17/h1-13,15H,14H2,(H-,27,28,29,31). The van der Waals surface area contributed by atoms with Gasteiger partial charge in [0.25, 0.3) is 6.20 Å². The average Bonchev–Trinajstić information content (AvgIpc) is 3.20. The quantitative estimate of drug-likeness (QED) is 0.288. The van der Waals surface area contributed by atoms with Crippen LogP contribution in [-0.4, -0.2) is 11.3 Å². The van der Waals surface area contributed by atoms with Gasteiger partial charge in [0.2, 0.25) is 11.8 Å². The van der Waals surface area contributed by atoms with Gasteiger partial charge in [-0.05, 0) is 40.1 Å². The molecule has 0 fully saturated rings. The van der Waals surface area contributed by atoms with Crippen molar-refractivity contribution >= 4 is 17.6 Å². The molecule has 6 nitrogen and oxygen atoms in total. The fourth-order valence-electron chi connectivity index (χ4n) is 3.08. The van der Waals surface area contributed by atoms with E-state index in [9.17, 15) is 18.3 Å². The van der Waals surface area contributed by atoms with E-state index in [2.05, 4.69) is 15.6 Å². The van der Waals surface area contributed by atoms with Gasteiger partial charge in [0.15, 0.2) is 0 Å². The first-order valence-electron chi connectivity index (χ1n) is 9.58. The van der Waals surface area contributed by atoms with Crippen LogP contribution in [0.15, 0.2) is 94.6 Å². The summed E-state index contributed by atoms with van der Waals surface area (Å²) < 4.78 is 44.9. The largest absolute Gasteiger partial charge is 0.846 e. The third-order valence-electron chi connectivity index (χ3n) is 4.53. The number of aromatic nitrogens is 2. The highest BCUT2D eigenvalue weighted by Crippen LogP contribution is 2.30. The number of hydrogen-bond donors (Lipinski definition) is 1. The Balaban J connectivity index is 1.45. The number of hydrogen-bond acceptors (Lipinski definition) is 4. The molecule has 1 aromatic heterocycles. The van der Waals surface area contributed by atoms with Crippen LogP contribution in [-0.2, 0) is 12.7 Å². The number of alkyl halides is 3. The van der Waals surface area contributed by atoms with Gasteiger partial charge in [-0.1, -0.05) is 54.6 Å². The maximum absolute atomic E-state index is 12.8. The van der Waals surface area contributed by atoms with Crippen molar-refractivity contribution in [3.63, 3.8) is 0 Å². The van der Waals surface area contributed by atoms with Crippen LogP contribution in [0.25, 0.3) is 11.1 Å². The van der Waals surface area contributed by atoms with E-state index in [4.69, 9.17) is 4.52 Å². The predicted octanol–water partition coefficient (Wildman–Crippen LogP) is 4.16. The molecule has 0 radical (unpaired) electrons. The molecule has 162 valence electrons. The lowest BCUT2D eigenvalue weighted by Crippen LogP contribution is -2.35. The van der Waals surface area contributed by atoms with Crippen LogP contribution in [0.1, 0.15) is 11.1 Å². The molecule has 0 bridgehead atoms. The molecule has 0 aliphatic rings. The molecular weight excluding hydrogens is 421 g/mol. The van der Waals surface area contributed by atoms with E-state index >= 15 is 0 Å². The first kappa shape index (κ1) is 21.1. The molecule has 4 rings (SSSR count). The third kappa shape index (κ3) is 5.31. The molecule has 9 heteroatoms. The second-order valence-corrected chi connectivity index (χ2v) is 6.92. The zero-order chi connectivity index (χ0) is 22.6. The molecule has 3 aromatic carbocycles. The highest BCUT2D eigenvalue weighted by Gasteiger charge is 2.30. The van der Waals surface area contributed by atoms with Gasteiger partial charge < -0.3 is 10.4 Å². The van der Waals surface area contributed by atoms with Crippen LogP contribution >= 0.6 is 0 Å². The van der Waals surface area contributed by atoms with Gasteiger partial charge in [-0.2, -0.15) is 13.2 Å². The molecule has 0 aliphatic heterocycles. The number of nitrogens with one attached hydrogen (secondary N) is 1. The van der Waals surface area contributed by atoms with Crippen LogP contribution in [0.2, 0.25) is 0 Å². The molecule has 4 aromatic rings. The monoisotopic (exact) mass is 438 g/mol. The second-order valence-electron chi connectivity index (χ2n) is 6.92. The first-order valence-corrected chi connectivity index (χ1v) is 9.58. The van der Waals surface area contributed by atoms with Crippen molar-refractivity contribution in [2.24, 2.45) is 4.99 Å². The normalized spacial score (nSPS) is 12.0. The molecule has 0 amide bonds. The van der Waals surface area contributed by atoms with Gasteiger partial charge >= 0.3 is 12.1 Å². The molecule has 32 heavy (non-hydrogen) atoms. The molecule has 0 unspecified atom stereocenters. The number of benzene rings is 3. The minimum absolute atomic E-state index is 0.0290. The van der Waals surface area contributed by atoms with Crippen LogP contribution in [0, 0.1) is 0 Å². The Morgan fingerprint density at radius 1 is 0.969 bits per heavy atom. The minimum Gasteiger partial charge on any atom is -0.846 e. The smallest absolute Gasteiger partial charge is 0.416 e. The van der Waals surface area contributed by atoms with Crippen molar-refractivity contribution in [1.82, 2.24) is 5.27 Å². The summed E-state index contributed by atoms with van der Waals surface area (Å²) in [5.74, 6) is -0.0753. The summed E-state index contributed by atoms with van der Waals surface area (Å²) in [6, 6.07) is 21.2. The number of halogens is 3. The van der Waals surface area contributed by atoms with Crippen molar-refractivity contribution in [2.75, 3.05) is 5.32 Å². The average molecular weight is 438 g/mol. The van der Waals surface area contributed by atoms with Gasteiger partial charge in [-0.15, -0.1) is 0 Å². The molecule has 0 saturated heterocycles. The summed E-state index contributed by atoms with van der Waals surface area (Å²) in [5.41, 5.74) is 2.20. The summed E-state index contributed by atoms with van der Waals surface area (Å²) in [7, 11) is 0. The number of anilines is 1. The minimum atomic E-state index is -4.51. The summed E-state index contributed by atoms with van der Waals surface area (Å²) in [6.07, 6.45) is -3.08. The fourth-order valence-corrected chi connectivity index (χ4v) is 3.08. The molecule has 0 saturated carbocycles. The Hall–Kier alpha value is -4.14. The topological polar surface area (TPSA) is 77.4 Å². The van der Waals surface area contributed by atoms with Crippen LogP contribution in [0.4, 0.5) is 24.7 Å². The molecule has 1 heterocycles. The number of amidine groups is 1. The van der Waals surface area contributed by atoms with E-state index in [0.29, 0.717) is 6.54 Å². The van der Waals surface area contributed by atoms with Gasteiger partial charge in [0.1, 0.15) is 0 Å². The predicted molar refractivity (Wildman–Crippen MR) is 110 cm³/mol. The maximum Gasteiger partial charge on any atom is 0.416 e. The zero-order valence-corrected chi connectivity index (χ0v) is 16.6. The Bertz CT molecular complexity index is 1240. The summed E-state index contributed by atoms with van der Waals surface area (Å²) in [6.45, 7) is 0.384. The van der Waals surface area contributed by atoms with Crippen molar-refractivity contribution in [3.05, 3.63) is 96.2 Å². The van der Waals surface area contributed by atoms with Gasteiger partial charge in [-0.25, -0.2) is 4.99 Å². The van der Waals surface area contributed by atoms with E-state index in [1.165, 1.54) is 23.0 Å². The number of rotatable bonds is 5. The van der Waals surface area contributed by atoms with Crippen LogP contribution in [0.5, 0.6) is 0 Å². The maximum atomic E-state index is 12.8. The first-order chi connectivity index (χ1) is 15.4. The fraction of sp³-hybridized carbons (Fsp3) is 0.0870. The van der Waals surface area contributed by atoms with Gasteiger partial charge in [0.05, 0.1) is 11.6 Å². The molecular formula is C23H17F3N4O2. The summed E-state index contributed by atoms with van der Waals surface area (Å²) in [4.78, 5) is 3.69. The van der Waals surface area contributed by atoms with Gasteiger partial charge in [-0.3, -0.25) is 4.52 Å². The molecule has 0 spiro atoms. The summed E-state index contributed by atoms with van der Waals surface area (Å²) >= 11 is 0. The zero-order valence-electron chi connectivity index (χ0n) is 16.6. The van der Waals surface area contributed by atoms with Crippen molar-refractivity contribution < 1.29 is 27.5 Å². The Morgan fingerprint density at radius 2 is 1.72 bits per heavy atom. The Labute approximate surface area is 181 Å². The summed E-state index contributed by atoms with van der Waals surface area (Å²) in [5, 5.41) is 18.2. The molecule has 0 aliphatic carbocycles. The highest BCUT2D eigenvalue weighted by molar-refractivity contribution is 5.87. The van der Waals surface area contributed by atoms with Crippen LogP contribution in [0.3, 0.4) is 0 Å². The van der Waals surface area contributed by atoms with Gasteiger partial charge in [0, 0.05) is 11.3 Å². The van der Waals surface area contributed by atoms with E-state index in [1.54, 1.807) is 0 Å². The van der Waals surface area contributed by atoms with E-state index in [0.717, 1.165) is 28.8 Å². The number of nitrogens with zero attached hydrogens (tertiary/aromatic N) is 3. The van der Waals surface area contributed by atoms with Crippen molar-refractivity contribution in [2.45, 2.75) is 12.7 Å². The number of aliphatic imine (C=N–C) groups is 1. The third-order valence-corrected chi connectivity index (χ3v) is 4.53. The Kier molecular flexibility index (Phi) is 5.89. The lowest BCUT2D eigenvalue weighted by atomic mass is 10.0. The molecule has 1 N–H and O–H groups in total. The Morgan fingerprint density at radius 3 is 2.50 bits per heavy atom. The second kappa shape index (κ2) is 8.93. The van der Waals surface area contributed by atoms with Crippen molar-refractivity contribution in [3.8, 4) is 11.1 Å². The molecule has 0 atom stereocenters. The van der Waals surface area contributed by atoms with Crippen molar-refractivity contribution in [1.29, 1.82) is 0 Å². The lowest BCUT2D eigenvalue weighted by Gasteiger charge is -2.14. The highest BCUT2D eigenvalue weighted by atomic mass is 19.4. The van der Waals surface area contributed by atoms with E-state index in [-0.39, 0.29) is 11.6 Å². The lowest BCUT2D eigenvalue weighted by molar-refractivity contribution is -0.754. The SMILES string of the molecule is [O-]C(=Nc1c[n+](Cc2cccc(-c3ccccc3)c2)no1)Nc1cccc(C(F)(F)F)c1. The van der Waals surface area contributed by atoms with Crippen LogP contribution < -0.4 is 15.1 Å². The van der Waals surface area contributed by atoms with E-state index < -0.39 is 17.8 Å².